The molecule has 1 saturated heterocycles. The summed E-state index contributed by atoms with van der Waals surface area (Å²) in [6.07, 6.45) is -1.57. The van der Waals surface area contributed by atoms with E-state index in [-0.39, 0.29) is 17.5 Å². The maximum atomic E-state index is 13.4. The topological polar surface area (TPSA) is 82.7 Å². The highest BCUT2D eigenvalue weighted by atomic mass is 19.4. The van der Waals surface area contributed by atoms with Crippen LogP contribution in [0.2, 0.25) is 0 Å². The molecule has 43 heavy (non-hydrogen) atoms. The second kappa shape index (κ2) is 13.7. The predicted octanol–water partition coefficient (Wildman–Crippen LogP) is 8.80. The van der Waals surface area contributed by atoms with Crippen molar-refractivity contribution < 1.29 is 22.3 Å². The molecule has 1 fully saturated rings. The minimum atomic E-state index is -4.75. The van der Waals surface area contributed by atoms with Gasteiger partial charge in [0.1, 0.15) is 35.2 Å². The first-order valence-corrected chi connectivity index (χ1v) is 14.5. The van der Waals surface area contributed by atoms with Gasteiger partial charge in [0.15, 0.2) is 0 Å². The zero-order valence-electron chi connectivity index (χ0n) is 24.9. The molecule has 228 valence electrons. The Kier molecular flexibility index (Phi) is 10.1. The number of aryl methyl sites for hydroxylation is 1. The maximum absolute atomic E-state index is 13.4. The second-order valence-corrected chi connectivity index (χ2v) is 9.58. The summed E-state index contributed by atoms with van der Waals surface area (Å²) in [4.78, 5) is 22.6. The molecule has 6 rings (SSSR count). The van der Waals surface area contributed by atoms with Gasteiger partial charge in [0.2, 0.25) is 0 Å². The fourth-order valence-electron chi connectivity index (χ4n) is 5.13. The van der Waals surface area contributed by atoms with Crippen molar-refractivity contribution in [2.24, 2.45) is 0 Å². The molecule has 0 unspecified atom stereocenters. The number of anilines is 1. The Morgan fingerprint density at radius 3 is 2.26 bits per heavy atom. The first kappa shape index (κ1) is 31.5. The molecule has 2 N–H and O–H groups in total. The number of hydrogen-bond acceptors (Lipinski definition) is 5. The van der Waals surface area contributed by atoms with Crippen molar-refractivity contribution in [3.8, 4) is 28.3 Å². The Morgan fingerprint density at radius 2 is 1.58 bits per heavy atom. The molecule has 0 bridgehead atoms. The van der Waals surface area contributed by atoms with Gasteiger partial charge in [0.05, 0.1) is 11.1 Å². The minimum Gasteiger partial charge on any atom is -0.406 e. The number of nitrogens with zero attached hydrogens (tertiary/aromatic N) is 4. The predicted molar refractivity (Wildman–Crippen MR) is 162 cm³/mol. The van der Waals surface area contributed by atoms with E-state index in [1.54, 1.807) is 18.2 Å². The Morgan fingerprint density at radius 1 is 0.884 bits per heavy atom. The number of halogens is 4. The van der Waals surface area contributed by atoms with Gasteiger partial charge in [-0.2, -0.15) is 0 Å². The summed E-state index contributed by atoms with van der Waals surface area (Å²) in [7, 11) is 0. The highest BCUT2D eigenvalue weighted by Gasteiger charge is 2.31. The number of ether oxygens (including phenoxy) is 1. The summed E-state index contributed by atoms with van der Waals surface area (Å²) in [5.74, 6) is 1.25. The van der Waals surface area contributed by atoms with Crippen LogP contribution in [0.25, 0.3) is 33.5 Å². The molecule has 1 aliphatic rings. The number of benzene rings is 2. The van der Waals surface area contributed by atoms with Gasteiger partial charge < -0.3 is 19.6 Å². The van der Waals surface area contributed by atoms with Crippen molar-refractivity contribution in [1.29, 1.82) is 0 Å². The van der Waals surface area contributed by atoms with Crippen LogP contribution in [0, 0.1) is 12.7 Å². The molecular weight excluding hydrogens is 560 g/mol. The third-order valence-electron chi connectivity index (χ3n) is 6.99. The van der Waals surface area contributed by atoms with Crippen LogP contribution in [-0.4, -0.2) is 44.4 Å². The fraction of sp³-hybridized carbons (Fsp3) is 0.344. The molecule has 7 nitrogen and oxygen atoms in total. The molecule has 5 aromatic rings. The van der Waals surface area contributed by atoms with E-state index in [1.807, 2.05) is 40.7 Å². The first-order chi connectivity index (χ1) is 20.7. The smallest absolute Gasteiger partial charge is 0.406 e. The number of H-pyrrole nitrogens is 2. The average molecular weight is 597 g/mol. The van der Waals surface area contributed by atoms with Gasteiger partial charge >= 0.3 is 6.36 Å². The lowest BCUT2D eigenvalue weighted by Crippen LogP contribution is -2.33. The highest BCUT2D eigenvalue weighted by molar-refractivity contribution is 5.92. The largest absolute Gasteiger partial charge is 0.573 e. The van der Waals surface area contributed by atoms with Crippen LogP contribution in [0.15, 0.2) is 60.9 Å². The summed E-state index contributed by atoms with van der Waals surface area (Å²) < 4.78 is 55.4. The standard InChI is InChI=1S/C28H24F4N6O.2C2H6/c1-16-24(19-3-2-4-21(13-19)39-28(30,31)32)37-25(35-16)18-9-11-38(12-10-18)27-22-14-23(36-26(22)33-15-34-27)17-5-7-20(29)8-6-17;2*1-2/h2-8,13-15,18H,9-12H2,1H3,(H,35,37)(H,33,34,36);2*1-2H3. The molecule has 1 aliphatic heterocycles. The highest BCUT2D eigenvalue weighted by Crippen LogP contribution is 2.35. The fourth-order valence-corrected chi connectivity index (χ4v) is 5.13. The Balaban J connectivity index is 0.00000102. The van der Waals surface area contributed by atoms with Crippen molar-refractivity contribution in [1.82, 2.24) is 24.9 Å². The van der Waals surface area contributed by atoms with Crippen LogP contribution in [0.1, 0.15) is 58.0 Å². The number of aromatic amines is 2. The van der Waals surface area contributed by atoms with Gasteiger partial charge in [-0.1, -0.05) is 39.8 Å². The summed E-state index contributed by atoms with van der Waals surface area (Å²) in [6, 6.07) is 14.1. The van der Waals surface area contributed by atoms with Crippen LogP contribution >= 0.6 is 0 Å². The SMILES string of the molecule is CC.CC.Cc1[nH]c(C2CCN(c3ncnc4[nH]c(-c5ccc(F)cc5)cc34)CC2)nc1-c1cccc(OC(F)(F)F)c1. The van der Waals surface area contributed by atoms with E-state index in [4.69, 9.17) is 4.98 Å². The van der Waals surface area contributed by atoms with E-state index in [9.17, 15) is 17.6 Å². The van der Waals surface area contributed by atoms with E-state index in [2.05, 4.69) is 29.6 Å². The minimum absolute atomic E-state index is 0.168. The van der Waals surface area contributed by atoms with Crippen molar-refractivity contribution in [2.75, 3.05) is 18.0 Å². The number of hydrogen-bond donors (Lipinski definition) is 2. The summed E-state index contributed by atoms with van der Waals surface area (Å²) in [5, 5.41) is 0.896. The normalized spacial score (nSPS) is 13.7. The quantitative estimate of drug-likeness (QED) is 0.198. The van der Waals surface area contributed by atoms with Gasteiger partial charge in [-0.05, 0) is 67.8 Å². The van der Waals surface area contributed by atoms with Crippen LogP contribution in [0.5, 0.6) is 5.75 Å². The van der Waals surface area contributed by atoms with E-state index < -0.39 is 6.36 Å². The first-order valence-electron chi connectivity index (χ1n) is 14.5. The van der Waals surface area contributed by atoms with Crippen molar-refractivity contribution in [3.05, 3.63) is 78.3 Å². The van der Waals surface area contributed by atoms with Crippen LogP contribution in [-0.2, 0) is 0 Å². The lowest BCUT2D eigenvalue weighted by molar-refractivity contribution is -0.274. The van der Waals surface area contributed by atoms with Gasteiger partial charge in [0, 0.05) is 36.0 Å². The number of aromatic nitrogens is 5. The van der Waals surface area contributed by atoms with Crippen LogP contribution in [0.4, 0.5) is 23.4 Å². The van der Waals surface area contributed by atoms with Gasteiger partial charge in [0.25, 0.3) is 0 Å². The lowest BCUT2D eigenvalue weighted by Gasteiger charge is -2.32. The molecule has 0 amide bonds. The molecule has 2 aromatic carbocycles. The van der Waals surface area contributed by atoms with E-state index >= 15 is 0 Å². The second-order valence-electron chi connectivity index (χ2n) is 9.58. The molecular formula is C32H36F4N6O. The van der Waals surface area contributed by atoms with E-state index in [0.717, 1.165) is 59.9 Å². The summed E-state index contributed by atoms with van der Waals surface area (Å²) in [5.41, 5.74) is 4.36. The summed E-state index contributed by atoms with van der Waals surface area (Å²) >= 11 is 0. The average Bonchev–Trinajstić information content (AvgIpc) is 3.63. The molecule has 11 heteroatoms. The maximum Gasteiger partial charge on any atom is 0.573 e. The Hall–Kier alpha value is -4.41. The number of fused-ring (bicyclic) bond motifs is 1. The van der Waals surface area contributed by atoms with E-state index in [0.29, 0.717) is 16.9 Å². The third-order valence-corrected chi connectivity index (χ3v) is 6.99. The molecule has 3 aromatic heterocycles. The molecule has 0 atom stereocenters. The Bertz CT molecular complexity index is 1620. The molecule has 0 saturated carbocycles. The number of piperidine rings is 1. The zero-order chi connectivity index (χ0) is 31.1. The van der Waals surface area contributed by atoms with Gasteiger partial charge in [-0.15, -0.1) is 13.2 Å². The number of imidazole rings is 1. The van der Waals surface area contributed by atoms with E-state index in [1.165, 1.54) is 36.7 Å². The van der Waals surface area contributed by atoms with Gasteiger partial charge in [-0.3, -0.25) is 0 Å². The van der Waals surface area contributed by atoms with Crippen LogP contribution < -0.4 is 9.64 Å². The lowest BCUT2D eigenvalue weighted by atomic mass is 9.96. The monoisotopic (exact) mass is 596 g/mol. The number of alkyl halides is 3. The van der Waals surface area contributed by atoms with Gasteiger partial charge in [-0.25, -0.2) is 19.3 Å². The molecule has 0 radical (unpaired) electrons. The number of rotatable bonds is 5. The Labute approximate surface area is 248 Å². The molecule has 0 spiro atoms. The summed E-state index contributed by atoms with van der Waals surface area (Å²) in [6.45, 7) is 11.4. The molecule has 4 heterocycles. The van der Waals surface area contributed by atoms with Crippen molar-refractivity contribution in [2.45, 2.75) is 59.7 Å². The van der Waals surface area contributed by atoms with Crippen molar-refractivity contribution >= 4 is 16.9 Å². The van der Waals surface area contributed by atoms with Crippen LogP contribution in [0.3, 0.4) is 0 Å². The zero-order valence-corrected chi connectivity index (χ0v) is 24.9. The third kappa shape index (κ3) is 7.33. The molecule has 0 aliphatic carbocycles. The van der Waals surface area contributed by atoms with Crippen molar-refractivity contribution in [3.63, 3.8) is 0 Å². The number of nitrogens with one attached hydrogen (secondary N) is 2.